The second-order valence-corrected chi connectivity index (χ2v) is 8.44. The van der Waals surface area contributed by atoms with Gasteiger partial charge in [-0.05, 0) is 36.6 Å². The van der Waals surface area contributed by atoms with Crippen LogP contribution in [0.25, 0.3) is 0 Å². The molecule has 3 aromatic rings. The number of aryl methyl sites for hydroxylation is 1. The Hall–Kier alpha value is -2.67. The minimum atomic E-state index is -0.488. The number of nitrogens with one attached hydrogen (secondary N) is 1. The van der Waals surface area contributed by atoms with Crippen molar-refractivity contribution in [2.75, 3.05) is 11.9 Å². The average molecular weight is 442 g/mol. The van der Waals surface area contributed by atoms with Crippen LogP contribution in [0.15, 0.2) is 54.6 Å². The monoisotopic (exact) mass is 441 g/mol. The van der Waals surface area contributed by atoms with Crippen molar-refractivity contribution in [1.29, 1.82) is 0 Å². The maximum Gasteiger partial charge on any atom is 0.256 e. The van der Waals surface area contributed by atoms with Crippen LogP contribution in [0.4, 0.5) is 5.00 Å². The van der Waals surface area contributed by atoms with Gasteiger partial charge in [0, 0.05) is 30.1 Å². The van der Waals surface area contributed by atoms with Gasteiger partial charge in [-0.15, -0.1) is 23.7 Å². The number of nitrogens with two attached hydrogens (primary N) is 1. The molecule has 3 N–H and O–H groups in total. The molecule has 0 bridgehead atoms. The number of carbonyl (C=O) groups is 2. The molecule has 0 saturated heterocycles. The first-order valence-electron chi connectivity index (χ1n) is 9.60. The van der Waals surface area contributed by atoms with Gasteiger partial charge in [0.15, 0.2) is 0 Å². The fourth-order valence-corrected chi connectivity index (χ4v) is 4.95. The van der Waals surface area contributed by atoms with Crippen molar-refractivity contribution in [2.45, 2.75) is 26.4 Å². The third kappa shape index (κ3) is 4.73. The molecule has 0 saturated carbocycles. The molecule has 0 fully saturated rings. The van der Waals surface area contributed by atoms with Gasteiger partial charge < -0.3 is 11.1 Å². The van der Waals surface area contributed by atoms with Crippen molar-refractivity contribution in [3.63, 3.8) is 0 Å². The molecule has 2 amide bonds. The first kappa shape index (κ1) is 22.0. The van der Waals surface area contributed by atoms with Crippen molar-refractivity contribution < 1.29 is 9.59 Å². The van der Waals surface area contributed by atoms with E-state index in [4.69, 9.17) is 5.73 Å². The molecular formula is C23H24ClN3O2S. The number of fused-ring (bicyclic) bond motifs is 1. The van der Waals surface area contributed by atoms with Gasteiger partial charge in [-0.25, -0.2) is 0 Å². The molecule has 1 aliphatic rings. The Bertz CT molecular complexity index is 1050. The van der Waals surface area contributed by atoms with Crippen molar-refractivity contribution in [2.24, 2.45) is 5.73 Å². The Morgan fingerprint density at radius 2 is 1.80 bits per heavy atom. The highest BCUT2D eigenvalue weighted by atomic mass is 35.5. The summed E-state index contributed by atoms with van der Waals surface area (Å²) in [6.45, 7) is 4.43. The SMILES string of the molecule is Cc1ccc(C(=O)Nc2sc3c(c2C(N)=O)CCN(Cc2ccccc2)C3)cc1.Cl. The van der Waals surface area contributed by atoms with Crippen molar-refractivity contribution in [1.82, 2.24) is 4.90 Å². The third-order valence-corrected chi connectivity index (χ3v) is 6.30. The lowest BCUT2D eigenvalue weighted by molar-refractivity contribution is 0.0999. The van der Waals surface area contributed by atoms with Crippen LogP contribution in [-0.4, -0.2) is 23.3 Å². The minimum Gasteiger partial charge on any atom is -0.365 e. The van der Waals surface area contributed by atoms with Crippen LogP contribution in [0.2, 0.25) is 0 Å². The summed E-state index contributed by atoms with van der Waals surface area (Å²) in [4.78, 5) is 28.3. The lowest BCUT2D eigenvalue weighted by atomic mass is 10.0. The lowest BCUT2D eigenvalue weighted by Gasteiger charge is -2.27. The highest BCUT2D eigenvalue weighted by molar-refractivity contribution is 7.17. The predicted molar refractivity (Wildman–Crippen MR) is 123 cm³/mol. The van der Waals surface area contributed by atoms with Crippen molar-refractivity contribution in [3.8, 4) is 0 Å². The zero-order chi connectivity index (χ0) is 20.4. The van der Waals surface area contributed by atoms with E-state index in [2.05, 4.69) is 22.3 Å². The fourth-order valence-electron chi connectivity index (χ4n) is 3.66. The molecule has 1 aromatic heterocycles. The Morgan fingerprint density at radius 1 is 1.10 bits per heavy atom. The van der Waals surface area contributed by atoms with Crippen LogP contribution < -0.4 is 11.1 Å². The molecule has 1 aliphatic heterocycles. The van der Waals surface area contributed by atoms with E-state index in [1.54, 1.807) is 12.1 Å². The molecule has 0 radical (unpaired) electrons. The van der Waals surface area contributed by atoms with Crippen LogP contribution in [-0.2, 0) is 19.5 Å². The van der Waals surface area contributed by atoms with E-state index in [1.807, 2.05) is 37.3 Å². The van der Waals surface area contributed by atoms with Crippen LogP contribution >= 0.6 is 23.7 Å². The maximum atomic E-state index is 12.7. The molecule has 4 rings (SSSR count). The second kappa shape index (κ2) is 9.43. The van der Waals surface area contributed by atoms with E-state index in [0.717, 1.165) is 42.1 Å². The number of benzene rings is 2. The van der Waals surface area contributed by atoms with Gasteiger partial charge in [0.05, 0.1) is 5.56 Å². The zero-order valence-electron chi connectivity index (χ0n) is 16.7. The quantitative estimate of drug-likeness (QED) is 0.616. The van der Waals surface area contributed by atoms with E-state index >= 15 is 0 Å². The summed E-state index contributed by atoms with van der Waals surface area (Å²) in [7, 11) is 0. The lowest BCUT2D eigenvalue weighted by Crippen LogP contribution is -2.30. The van der Waals surface area contributed by atoms with E-state index in [9.17, 15) is 9.59 Å². The standard InChI is InChI=1S/C23H23N3O2S.ClH/c1-15-7-9-17(10-8-15)22(28)25-23-20(21(24)27)18-11-12-26(14-19(18)29-23)13-16-5-3-2-4-6-16;/h2-10H,11-14H2,1H3,(H2,24,27)(H,25,28);1H. The van der Waals surface area contributed by atoms with Crippen LogP contribution in [0.5, 0.6) is 0 Å². The van der Waals surface area contributed by atoms with Gasteiger partial charge in [0.1, 0.15) is 5.00 Å². The number of rotatable bonds is 5. The number of amides is 2. The molecule has 5 nitrogen and oxygen atoms in total. The number of nitrogens with zero attached hydrogens (tertiary/aromatic N) is 1. The smallest absolute Gasteiger partial charge is 0.256 e. The molecule has 0 spiro atoms. The summed E-state index contributed by atoms with van der Waals surface area (Å²) in [6, 6.07) is 17.7. The number of hydrogen-bond donors (Lipinski definition) is 2. The number of halogens is 1. The summed E-state index contributed by atoms with van der Waals surface area (Å²) < 4.78 is 0. The number of carbonyl (C=O) groups excluding carboxylic acids is 2. The van der Waals surface area contributed by atoms with E-state index in [0.29, 0.717) is 16.1 Å². The van der Waals surface area contributed by atoms with E-state index < -0.39 is 5.91 Å². The van der Waals surface area contributed by atoms with Crippen LogP contribution in [0, 0.1) is 6.92 Å². The van der Waals surface area contributed by atoms with E-state index in [1.165, 1.54) is 16.9 Å². The molecule has 7 heteroatoms. The molecule has 2 heterocycles. The average Bonchev–Trinajstić information content (AvgIpc) is 3.06. The Morgan fingerprint density at radius 3 is 2.47 bits per heavy atom. The van der Waals surface area contributed by atoms with Gasteiger partial charge in [0.2, 0.25) is 0 Å². The molecule has 0 unspecified atom stereocenters. The van der Waals surface area contributed by atoms with Crippen LogP contribution in [0.1, 0.15) is 42.3 Å². The van der Waals surface area contributed by atoms with Gasteiger partial charge in [-0.3, -0.25) is 14.5 Å². The molecule has 2 aromatic carbocycles. The highest BCUT2D eigenvalue weighted by Gasteiger charge is 2.27. The van der Waals surface area contributed by atoms with E-state index in [-0.39, 0.29) is 18.3 Å². The molecule has 0 atom stereocenters. The zero-order valence-corrected chi connectivity index (χ0v) is 18.3. The largest absolute Gasteiger partial charge is 0.365 e. The minimum absolute atomic E-state index is 0. The Balaban J connectivity index is 0.00000256. The van der Waals surface area contributed by atoms with Gasteiger partial charge >= 0.3 is 0 Å². The summed E-state index contributed by atoms with van der Waals surface area (Å²) in [5.74, 6) is -0.717. The van der Waals surface area contributed by atoms with Crippen molar-refractivity contribution in [3.05, 3.63) is 87.3 Å². The van der Waals surface area contributed by atoms with Gasteiger partial charge in [-0.2, -0.15) is 0 Å². The Kier molecular flexibility index (Phi) is 6.92. The maximum absolute atomic E-state index is 12.7. The number of hydrogen-bond acceptors (Lipinski definition) is 4. The second-order valence-electron chi connectivity index (χ2n) is 7.34. The van der Waals surface area contributed by atoms with Gasteiger partial charge in [0.25, 0.3) is 11.8 Å². The first-order chi connectivity index (χ1) is 14.0. The molecule has 0 aliphatic carbocycles. The number of thiophene rings is 1. The molecule has 30 heavy (non-hydrogen) atoms. The Labute approximate surface area is 186 Å². The number of anilines is 1. The highest BCUT2D eigenvalue weighted by Crippen LogP contribution is 2.37. The topological polar surface area (TPSA) is 75.4 Å². The predicted octanol–water partition coefficient (Wildman–Crippen LogP) is 4.39. The van der Waals surface area contributed by atoms with Gasteiger partial charge in [-0.1, -0.05) is 48.0 Å². The molecule has 156 valence electrons. The fraction of sp³-hybridized carbons (Fsp3) is 0.217. The summed E-state index contributed by atoms with van der Waals surface area (Å²) >= 11 is 1.46. The summed E-state index contributed by atoms with van der Waals surface area (Å²) in [6.07, 6.45) is 0.747. The third-order valence-electron chi connectivity index (χ3n) is 5.17. The summed E-state index contributed by atoms with van der Waals surface area (Å²) in [5, 5.41) is 3.46. The summed E-state index contributed by atoms with van der Waals surface area (Å²) in [5.41, 5.74) is 10.0. The number of primary amides is 1. The molecular weight excluding hydrogens is 418 g/mol. The normalized spacial score (nSPS) is 13.2. The first-order valence-corrected chi connectivity index (χ1v) is 10.4. The van der Waals surface area contributed by atoms with Crippen molar-refractivity contribution >= 4 is 40.6 Å². The van der Waals surface area contributed by atoms with Crippen LogP contribution in [0.3, 0.4) is 0 Å².